The summed E-state index contributed by atoms with van der Waals surface area (Å²) in [5, 5.41) is 2.06. The molecule has 1 aliphatic heterocycles. The lowest BCUT2D eigenvalue weighted by molar-refractivity contribution is -0.137. The van der Waals surface area contributed by atoms with E-state index in [0.29, 0.717) is 24.8 Å². The number of rotatable bonds is 5. The van der Waals surface area contributed by atoms with Crippen molar-refractivity contribution >= 4 is 46.7 Å². The zero-order valence-corrected chi connectivity index (χ0v) is 19.9. The lowest BCUT2D eigenvalue weighted by Crippen LogP contribution is -2.31. The summed E-state index contributed by atoms with van der Waals surface area (Å²) in [5.74, 6) is -2.78. The zero-order chi connectivity index (χ0) is 26.2. The third-order valence-electron chi connectivity index (χ3n) is 6.43. The molecule has 1 aliphatic carbocycles. The highest BCUT2D eigenvalue weighted by Gasteiger charge is 2.50. The molecule has 0 radical (unpaired) electrons. The molecule has 0 aromatic heterocycles. The minimum atomic E-state index is -4.63. The summed E-state index contributed by atoms with van der Waals surface area (Å²) in [6.07, 6.45) is -2.48. The van der Waals surface area contributed by atoms with E-state index in [1.807, 2.05) is 6.92 Å². The first kappa shape index (κ1) is 25.7. The van der Waals surface area contributed by atoms with E-state index < -0.39 is 30.2 Å². The van der Waals surface area contributed by atoms with Crippen LogP contribution in [0.4, 0.5) is 24.5 Å². The van der Waals surface area contributed by atoms with Gasteiger partial charge in [0.25, 0.3) is 5.91 Å². The van der Waals surface area contributed by atoms with E-state index in [1.54, 1.807) is 0 Å². The highest BCUT2D eigenvalue weighted by molar-refractivity contribution is 6.33. The number of amides is 3. The van der Waals surface area contributed by atoms with Crippen molar-refractivity contribution in [2.45, 2.75) is 32.4 Å². The number of nitrogens with one attached hydrogen (secondary N) is 1. The van der Waals surface area contributed by atoms with Gasteiger partial charge >= 0.3 is 12.1 Å². The number of ether oxygens (including phenoxy) is 1. The van der Waals surface area contributed by atoms with Crippen LogP contribution in [0, 0.1) is 17.8 Å². The second-order valence-electron chi connectivity index (χ2n) is 9.01. The molecule has 1 N–H and O–H groups in total. The Morgan fingerprint density at radius 1 is 1.08 bits per heavy atom. The quantitative estimate of drug-likeness (QED) is 0.437. The molecule has 0 unspecified atom stereocenters. The second kappa shape index (κ2) is 9.93. The molecule has 0 bridgehead atoms. The van der Waals surface area contributed by atoms with Gasteiger partial charge in [0.05, 0.1) is 39.4 Å². The molecule has 2 aromatic carbocycles. The first-order valence-electron chi connectivity index (χ1n) is 11.3. The van der Waals surface area contributed by atoms with Gasteiger partial charge in [-0.05, 0) is 61.6 Å². The second-order valence-corrected chi connectivity index (χ2v) is 9.42. The van der Waals surface area contributed by atoms with Crippen molar-refractivity contribution in [3.05, 3.63) is 58.6 Å². The van der Waals surface area contributed by atoms with Crippen LogP contribution in [0.15, 0.2) is 42.5 Å². The predicted octanol–water partition coefficient (Wildman–Crippen LogP) is 5.08. The van der Waals surface area contributed by atoms with E-state index in [1.165, 1.54) is 24.3 Å². The molecule has 2 aliphatic rings. The number of halogens is 4. The topological polar surface area (TPSA) is 92.8 Å². The lowest BCUT2D eigenvalue weighted by atomic mass is 9.76. The molecule has 1 saturated heterocycles. The summed E-state index contributed by atoms with van der Waals surface area (Å²) in [7, 11) is 0. The molecule has 2 fully saturated rings. The molecule has 7 nitrogen and oxygen atoms in total. The largest absolute Gasteiger partial charge is 0.452 e. The number of imide groups is 1. The Balaban J connectivity index is 1.41. The average molecular weight is 523 g/mol. The van der Waals surface area contributed by atoms with Crippen LogP contribution in [0.2, 0.25) is 5.02 Å². The van der Waals surface area contributed by atoms with Crippen molar-refractivity contribution in [2.75, 3.05) is 16.8 Å². The Morgan fingerprint density at radius 3 is 2.53 bits per heavy atom. The first-order valence-corrected chi connectivity index (χ1v) is 11.6. The number of hydrogen-bond acceptors (Lipinski definition) is 5. The molecule has 1 saturated carbocycles. The van der Waals surface area contributed by atoms with Crippen LogP contribution in [-0.4, -0.2) is 30.3 Å². The smallest absolute Gasteiger partial charge is 0.416 e. The van der Waals surface area contributed by atoms with Gasteiger partial charge in [0.1, 0.15) is 0 Å². The van der Waals surface area contributed by atoms with Crippen molar-refractivity contribution in [3.8, 4) is 0 Å². The molecule has 3 amide bonds. The fourth-order valence-corrected chi connectivity index (χ4v) is 4.78. The summed E-state index contributed by atoms with van der Waals surface area (Å²) in [6, 6.07) is 8.20. The van der Waals surface area contributed by atoms with Gasteiger partial charge in [-0.25, -0.2) is 4.79 Å². The van der Waals surface area contributed by atoms with Crippen LogP contribution in [-0.2, 0) is 25.3 Å². The van der Waals surface area contributed by atoms with Gasteiger partial charge in [-0.1, -0.05) is 24.6 Å². The van der Waals surface area contributed by atoms with E-state index in [2.05, 4.69) is 5.32 Å². The Kier molecular flexibility index (Phi) is 7.08. The SMILES string of the molecule is C[C@@H]1CC[C@H]2C(=O)N(c3cccc(C(=O)OCC(=O)Nc4cc(C(F)(F)F)ccc4Cl)c3)C(=O)[C@H]2C1. The Morgan fingerprint density at radius 2 is 1.81 bits per heavy atom. The van der Waals surface area contributed by atoms with Crippen molar-refractivity contribution in [1.82, 2.24) is 0 Å². The predicted molar refractivity (Wildman–Crippen MR) is 124 cm³/mol. The molecular formula is C25H22ClF3N2O5. The number of anilines is 2. The molecule has 4 rings (SSSR count). The van der Waals surface area contributed by atoms with Crippen LogP contribution in [0.25, 0.3) is 0 Å². The molecule has 3 atom stereocenters. The van der Waals surface area contributed by atoms with Crippen LogP contribution < -0.4 is 10.2 Å². The highest BCUT2D eigenvalue weighted by atomic mass is 35.5. The van der Waals surface area contributed by atoms with Gasteiger partial charge in [-0.2, -0.15) is 13.2 Å². The van der Waals surface area contributed by atoms with E-state index in [0.717, 1.165) is 23.5 Å². The van der Waals surface area contributed by atoms with Gasteiger partial charge in [0, 0.05) is 0 Å². The molecular weight excluding hydrogens is 501 g/mol. The van der Waals surface area contributed by atoms with Gasteiger partial charge in [-0.3, -0.25) is 19.3 Å². The number of esters is 1. The van der Waals surface area contributed by atoms with Gasteiger partial charge in [0.15, 0.2) is 6.61 Å². The third kappa shape index (κ3) is 5.23. The fraction of sp³-hybridized carbons (Fsp3) is 0.360. The minimum Gasteiger partial charge on any atom is -0.452 e. The summed E-state index contributed by atoms with van der Waals surface area (Å²) in [4.78, 5) is 51.6. The van der Waals surface area contributed by atoms with Gasteiger partial charge in [-0.15, -0.1) is 0 Å². The summed E-state index contributed by atoms with van der Waals surface area (Å²) in [6.45, 7) is 1.25. The van der Waals surface area contributed by atoms with Crippen LogP contribution in [0.1, 0.15) is 42.1 Å². The van der Waals surface area contributed by atoms with E-state index in [-0.39, 0.29) is 45.6 Å². The molecule has 190 valence electrons. The van der Waals surface area contributed by atoms with Crippen molar-refractivity contribution in [2.24, 2.45) is 17.8 Å². The van der Waals surface area contributed by atoms with Crippen LogP contribution in [0.3, 0.4) is 0 Å². The van der Waals surface area contributed by atoms with E-state index in [9.17, 15) is 32.3 Å². The summed E-state index contributed by atoms with van der Waals surface area (Å²) in [5.41, 5.74) is -1.05. The van der Waals surface area contributed by atoms with Crippen molar-refractivity contribution in [1.29, 1.82) is 0 Å². The summed E-state index contributed by atoms with van der Waals surface area (Å²) < 4.78 is 43.7. The normalized spacial score (nSPS) is 21.8. The van der Waals surface area contributed by atoms with Gasteiger partial charge in [0.2, 0.25) is 11.8 Å². The Hall–Kier alpha value is -3.40. The van der Waals surface area contributed by atoms with Crippen molar-refractivity contribution < 1.29 is 37.1 Å². The molecule has 11 heteroatoms. The maximum atomic E-state index is 12.9. The number of alkyl halides is 3. The van der Waals surface area contributed by atoms with Crippen molar-refractivity contribution in [3.63, 3.8) is 0 Å². The first-order chi connectivity index (χ1) is 17.0. The van der Waals surface area contributed by atoms with Crippen LogP contribution in [0.5, 0.6) is 0 Å². The maximum absolute atomic E-state index is 12.9. The monoisotopic (exact) mass is 522 g/mol. The summed E-state index contributed by atoms with van der Waals surface area (Å²) >= 11 is 5.86. The molecule has 36 heavy (non-hydrogen) atoms. The number of nitrogens with zero attached hydrogens (tertiary/aromatic N) is 1. The standard InChI is InChI=1S/C25H22ClF3N2O5/c1-13-5-7-17-18(9-13)23(34)31(22(17)33)16-4-2-3-14(10-16)24(35)36-12-21(32)30-20-11-15(25(27,28)29)6-8-19(20)26/h2-4,6,8,10-11,13,17-18H,5,7,9,12H2,1H3,(H,30,32)/t13-,17-,18+/m1/s1. The van der Waals surface area contributed by atoms with E-state index in [4.69, 9.17) is 16.3 Å². The average Bonchev–Trinajstić information content (AvgIpc) is 3.07. The van der Waals surface area contributed by atoms with Gasteiger partial charge < -0.3 is 10.1 Å². The number of hydrogen-bond donors (Lipinski definition) is 1. The number of carbonyl (C=O) groups excluding carboxylic acids is 4. The van der Waals surface area contributed by atoms with E-state index >= 15 is 0 Å². The Bertz CT molecular complexity index is 1230. The van der Waals surface area contributed by atoms with Crippen LogP contribution >= 0.6 is 11.6 Å². The number of carbonyl (C=O) groups is 4. The molecule has 2 aromatic rings. The fourth-order valence-electron chi connectivity index (χ4n) is 4.61. The lowest BCUT2D eigenvalue weighted by Gasteiger charge is -2.25. The highest BCUT2D eigenvalue weighted by Crippen LogP contribution is 2.42. The minimum absolute atomic E-state index is 0.00115. The number of benzene rings is 2. The maximum Gasteiger partial charge on any atom is 0.416 e. The molecule has 1 heterocycles. The third-order valence-corrected chi connectivity index (χ3v) is 6.76. The Labute approximate surface area is 209 Å². The number of fused-ring (bicyclic) bond motifs is 1. The zero-order valence-electron chi connectivity index (χ0n) is 19.1. The molecule has 0 spiro atoms.